The zero-order valence-corrected chi connectivity index (χ0v) is 7.54. The molecule has 0 radical (unpaired) electrons. The van der Waals surface area contributed by atoms with Gasteiger partial charge >= 0.3 is 5.69 Å². The summed E-state index contributed by atoms with van der Waals surface area (Å²) in [5, 5.41) is 0. The molecular formula is C7H7BrNO2+. The molecule has 58 valence electrons. The maximum Gasteiger partial charge on any atom is 0.317 e. The van der Waals surface area contributed by atoms with E-state index in [1.807, 2.05) is 6.07 Å². The van der Waals surface area contributed by atoms with Gasteiger partial charge < -0.3 is 0 Å². The Hall–Kier alpha value is -0.900. The van der Waals surface area contributed by atoms with Gasteiger partial charge in [-0.25, -0.2) is 4.84 Å². The molecule has 4 heteroatoms. The van der Waals surface area contributed by atoms with Crippen LogP contribution in [0.15, 0.2) is 28.7 Å². The van der Waals surface area contributed by atoms with E-state index in [1.165, 1.54) is 7.11 Å². The largest absolute Gasteiger partial charge is 0.317 e. The van der Waals surface area contributed by atoms with Gasteiger partial charge in [0, 0.05) is 16.6 Å². The van der Waals surface area contributed by atoms with Crippen molar-refractivity contribution in [2.45, 2.75) is 0 Å². The second-order valence-corrected chi connectivity index (χ2v) is 2.84. The topological polar surface area (TPSA) is 29.3 Å². The number of hydrogen-bond donors (Lipinski definition) is 0. The van der Waals surface area contributed by atoms with Crippen LogP contribution in [0.5, 0.6) is 0 Å². The number of nitrogens with zero attached hydrogens (tertiary/aromatic N) is 1. The highest BCUT2D eigenvalue weighted by Gasteiger charge is 2.12. The fourth-order valence-electron chi connectivity index (χ4n) is 0.695. The summed E-state index contributed by atoms with van der Waals surface area (Å²) in [6, 6.07) is 6.95. The molecule has 0 bridgehead atoms. The highest BCUT2D eigenvalue weighted by atomic mass is 79.9. The summed E-state index contributed by atoms with van der Waals surface area (Å²) < 4.78 is 0.855. The van der Waals surface area contributed by atoms with Crippen molar-refractivity contribution in [3.05, 3.63) is 33.6 Å². The number of hydrogen-bond acceptors (Lipinski definition) is 2. The molecule has 0 saturated heterocycles. The maximum atomic E-state index is 10.8. The van der Waals surface area contributed by atoms with Crippen LogP contribution in [0.4, 0.5) is 5.69 Å². The third kappa shape index (κ3) is 2.01. The van der Waals surface area contributed by atoms with Crippen LogP contribution in [0.2, 0.25) is 0 Å². The first kappa shape index (κ1) is 8.20. The molecule has 0 fully saturated rings. The molecule has 0 aliphatic heterocycles. The van der Waals surface area contributed by atoms with E-state index in [0.717, 1.165) is 4.47 Å². The van der Waals surface area contributed by atoms with Crippen LogP contribution in [-0.2, 0) is 4.84 Å². The molecule has 0 N–H and O–H groups in total. The summed E-state index contributed by atoms with van der Waals surface area (Å²) in [4.78, 5) is 15.7. The van der Waals surface area contributed by atoms with Crippen molar-refractivity contribution in [2.24, 2.45) is 0 Å². The molecule has 0 aliphatic carbocycles. The van der Waals surface area contributed by atoms with Crippen LogP contribution in [0, 0.1) is 4.91 Å². The monoisotopic (exact) mass is 216 g/mol. The summed E-state index contributed by atoms with van der Waals surface area (Å²) in [5.41, 5.74) is 0.474. The predicted molar refractivity (Wildman–Crippen MR) is 44.4 cm³/mol. The van der Waals surface area contributed by atoms with Crippen LogP contribution >= 0.6 is 15.9 Å². The number of benzene rings is 1. The van der Waals surface area contributed by atoms with E-state index >= 15 is 0 Å². The van der Waals surface area contributed by atoms with E-state index < -0.39 is 0 Å². The Bertz CT molecular complexity index is 275. The normalized spacial score (nSPS) is 9.27. The Kier molecular flexibility index (Phi) is 2.59. The molecule has 0 heterocycles. The number of halogens is 1. The lowest BCUT2D eigenvalue weighted by Gasteiger charge is -1.88. The van der Waals surface area contributed by atoms with E-state index in [1.54, 1.807) is 18.2 Å². The number of rotatable bonds is 2. The molecule has 0 aliphatic rings. The average molecular weight is 217 g/mol. The smallest absolute Gasteiger partial charge is 0.230 e. The lowest BCUT2D eigenvalue weighted by Crippen LogP contribution is -1.96. The summed E-state index contributed by atoms with van der Waals surface area (Å²) in [6.45, 7) is 0. The van der Waals surface area contributed by atoms with Crippen molar-refractivity contribution in [1.29, 1.82) is 0 Å². The quantitative estimate of drug-likeness (QED) is 0.712. The van der Waals surface area contributed by atoms with Crippen LogP contribution < -0.4 is 0 Å². The van der Waals surface area contributed by atoms with Gasteiger partial charge in [0.25, 0.3) is 4.92 Å². The fraction of sp³-hybridized carbons (Fsp3) is 0.143. The Morgan fingerprint density at radius 1 is 1.55 bits per heavy atom. The minimum atomic E-state index is 0.449. The summed E-state index contributed by atoms with van der Waals surface area (Å²) >= 11 is 3.24. The minimum Gasteiger partial charge on any atom is -0.230 e. The first-order chi connectivity index (χ1) is 5.24. The van der Waals surface area contributed by atoms with Gasteiger partial charge in [-0.2, -0.15) is 0 Å². The van der Waals surface area contributed by atoms with Crippen molar-refractivity contribution in [2.75, 3.05) is 7.11 Å². The van der Waals surface area contributed by atoms with Crippen molar-refractivity contribution in [1.82, 2.24) is 0 Å². The van der Waals surface area contributed by atoms with Gasteiger partial charge in [0.05, 0.1) is 4.91 Å². The van der Waals surface area contributed by atoms with Crippen LogP contribution in [-0.4, -0.2) is 12.0 Å². The molecule has 0 saturated carbocycles. The molecule has 0 amide bonds. The molecule has 1 aromatic rings. The molecule has 0 atom stereocenters. The highest BCUT2D eigenvalue weighted by molar-refractivity contribution is 9.10. The summed E-state index contributed by atoms with van der Waals surface area (Å²) in [5.74, 6) is 0. The maximum absolute atomic E-state index is 10.8. The second-order valence-electron chi connectivity index (χ2n) is 1.92. The summed E-state index contributed by atoms with van der Waals surface area (Å²) in [6.07, 6.45) is 0. The highest BCUT2D eigenvalue weighted by Crippen LogP contribution is 2.17. The molecular weight excluding hydrogens is 210 g/mol. The van der Waals surface area contributed by atoms with Crippen LogP contribution in [0.1, 0.15) is 0 Å². The molecule has 1 rings (SSSR count). The van der Waals surface area contributed by atoms with E-state index in [-0.39, 0.29) is 0 Å². The Labute approximate surface area is 72.6 Å². The van der Waals surface area contributed by atoms with E-state index in [9.17, 15) is 4.91 Å². The van der Waals surface area contributed by atoms with Gasteiger partial charge in [-0.1, -0.05) is 22.0 Å². The molecule has 0 unspecified atom stereocenters. The SMILES string of the molecule is CO[N+](=O)c1cccc(Br)c1. The minimum absolute atomic E-state index is 0.449. The van der Waals surface area contributed by atoms with Crippen molar-refractivity contribution in [3.8, 4) is 0 Å². The predicted octanol–water partition coefficient (Wildman–Crippen LogP) is 2.42. The van der Waals surface area contributed by atoms with E-state index in [0.29, 0.717) is 10.6 Å². The van der Waals surface area contributed by atoms with E-state index in [4.69, 9.17) is 0 Å². The average Bonchev–Trinajstić information content (AvgIpc) is 2.03. The van der Waals surface area contributed by atoms with Gasteiger partial charge in [-0.05, 0) is 6.07 Å². The lowest BCUT2D eigenvalue weighted by molar-refractivity contribution is -0.736. The van der Waals surface area contributed by atoms with Gasteiger partial charge in [-0.15, -0.1) is 0 Å². The van der Waals surface area contributed by atoms with Crippen molar-refractivity contribution in [3.63, 3.8) is 0 Å². The lowest BCUT2D eigenvalue weighted by atomic mass is 10.3. The van der Waals surface area contributed by atoms with Crippen molar-refractivity contribution >= 4 is 21.6 Å². The molecule has 3 nitrogen and oxygen atoms in total. The Morgan fingerprint density at radius 3 is 2.82 bits per heavy atom. The van der Waals surface area contributed by atoms with Gasteiger partial charge in [0.1, 0.15) is 0 Å². The first-order valence-electron chi connectivity index (χ1n) is 3.01. The Morgan fingerprint density at radius 2 is 2.27 bits per heavy atom. The molecule has 1 aromatic carbocycles. The van der Waals surface area contributed by atoms with Crippen LogP contribution in [0.3, 0.4) is 0 Å². The van der Waals surface area contributed by atoms with Gasteiger partial charge in [0.2, 0.25) is 0 Å². The van der Waals surface area contributed by atoms with Gasteiger partial charge in [-0.3, -0.25) is 0 Å². The van der Waals surface area contributed by atoms with Gasteiger partial charge in [0.15, 0.2) is 7.11 Å². The third-order valence-electron chi connectivity index (χ3n) is 1.18. The third-order valence-corrected chi connectivity index (χ3v) is 1.68. The standard InChI is InChI=1S/C7H7BrNO2/c1-11-9(10)7-4-2-3-6(8)5-7/h2-5H,1H3/q+1. The Balaban J connectivity index is 2.96. The summed E-state index contributed by atoms with van der Waals surface area (Å²) in [7, 11) is 1.33. The van der Waals surface area contributed by atoms with E-state index in [2.05, 4.69) is 20.8 Å². The first-order valence-corrected chi connectivity index (χ1v) is 3.80. The zero-order valence-electron chi connectivity index (χ0n) is 5.95. The van der Waals surface area contributed by atoms with Crippen molar-refractivity contribution < 1.29 is 9.76 Å². The molecule has 0 spiro atoms. The fourth-order valence-corrected chi connectivity index (χ4v) is 1.08. The zero-order chi connectivity index (χ0) is 8.27. The molecule has 0 aromatic heterocycles. The second kappa shape index (κ2) is 3.48. The molecule has 11 heavy (non-hydrogen) atoms. The van der Waals surface area contributed by atoms with Crippen LogP contribution in [0.25, 0.3) is 0 Å².